The van der Waals surface area contributed by atoms with E-state index >= 15 is 0 Å². The first-order chi connectivity index (χ1) is 8.19. The van der Waals surface area contributed by atoms with E-state index in [1.807, 2.05) is 7.11 Å². The molecule has 0 aromatic heterocycles. The molecule has 0 bridgehead atoms. The highest BCUT2D eigenvalue weighted by Gasteiger charge is 2.25. The average Bonchev–Trinajstić information content (AvgIpc) is 2.54. The normalized spacial score (nSPS) is 24.9. The fourth-order valence-corrected chi connectivity index (χ4v) is 2.65. The van der Waals surface area contributed by atoms with Crippen molar-refractivity contribution in [1.29, 1.82) is 0 Å². The van der Waals surface area contributed by atoms with Crippen LogP contribution >= 0.6 is 0 Å². The molecule has 17 heavy (non-hydrogen) atoms. The van der Waals surface area contributed by atoms with Crippen LogP contribution in [-0.4, -0.2) is 50.3 Å². The predicted octanol–water partition coefficient (Wildman–Crippen LogP) is 2.12. The Morgan fingerprint density at radius 3 is 2.76 bits per heavy atom. The highest BCUT2D eigenvalue weighted by atomic mass is 16.5. The summed E-state index contributed by atoms with van der Waals surface area (Å²) >= 11 is 0. The zero-order chi connectivity index (χ0) is 12.7. The lowest BCUT2D eigenvalue weighted by molar-refractivity contribution is 0.0799. The molecule has 0 aromatic carbocycles. The van der Waals surface area contributed by atoms with Crippen LogP contribution in [0.15, 0.2) is 0 Å². The molecular weight excluding hydrogens is 212 g/mol. The van der Waals surface area contributed by atoms with Gasteiger partial charge in [0, 0.05) is 25.7 Å². The van der Waals surface area contributed by atoms with Crippen molar-refractivity contribution in [3.05, 3.63) is 0 Å². The molecule has 1 aliphatic heterocycles. The second kappa shape index (κ2) is 8.06. The molecule has 3 nitrogen and oxygen atoms in total. The Bertz CT molecular complexity index is 191. The minimum Gasteiger partial charge on any atom is -0.383 e. The molecule has 0 aromatic rings. The molecule has 1 heterocycles. The molecule has 1 aliphatic rings. The monoisotopic (exact) mass is 242 g/mol. The predicted molar refractivity (Wildman–Crippen MR) is 73.4 cm³/mol. The number of ether oxygens (including phenoxy) is 1. The Morgan fingerprint density at radius 1 is 1.41 bits per heavy atom. The Balaban J connectivity index is 2.57. The first kappa shape index (κ1) is 14.9. The second-order valence-corrected chi connectivity index (χ2v) is 5.55. The zero-order valence-corrected chi connectivity index (χ0v) is 12.0. The van der Waals surface area contributed by atoms with Crippen LogP contribution in [0.3, 0.4) is 0 Å². The van der Waals surface area contributed by atoms with E-state index in [1.54, 1.807) is 0 Å². The summed E-state index contributed by atoms with van der Waals surface area (Å²) in [5.74, 6) is 0.709. The molecule has 0 radical (unpaired) electrons. The summed E-state index contributed by atoms with van der Waals surface area (Å²) in [4.78, 5) is 2.64. The molecule has 2 atom stereocenters. The highest BCUT2D eigenvalue weighted by Crippen LogP contribution is 2.14. The van der Waals surface area contributed by atoms with Crippen LogP contribution in [0.1, 0.15) is 40.0 Å². The number of hydrogen-bond donors (Lipinski definition) is 1. The minimum atomic E-state index is 0.603. The van der Waals surface area contributed by atoms with Gasteiger partial charge < -0.3 is 10.1 Å². The van der Waals surface area contributed by atoms with Crippen molar-refractivity contribution in [3.63, 3.8) is 0 Å². The molecule has 0 spiro atoms. The van der Waals surface area contributed by atoms with E-state index in [1.165, 1.54) is 32.4 Å². The largest absolute Gasteiger partial charge is 0.383 e. The van der Waals surface area contributed by atoms with Crippen LogP contribution in [0, 0.1) is 5.92 Å². The standard InChI is InChI=1S/C14H30N2O/c1-5-7-13(11-17-4)16-9-6-8-15-14(10-16)12(2)3/h12-15H,5-11H2,1-4H3. The molecule has 1 fully saturated rings. The van der Waals surface area contributed by atoms with Crippen LogP contribution in [0.2, 0.25) is 0 Å². The molecule has 2 unspecified atom stereocenters. The Labute approximate surface area is 107 Å². The van der Waals surface area contributed by atoms with E-state index in [4.69, 9.17) is 4.74 Å². The summed E-state index contributed by atoms with van der Waals surface area (Å²) in [7, 11) is 1.82. The second-order valence-electron chi connectivity index (χ2n) is 5.55. The van der Waals surface area contributed by atoms with E-state index in [9.17, 15) is 0 Å². The van der Waals surface area contributed by atoms with Gasteiger partial charge in [0.05, 0.1) is 6.61 Å². The Hall–Kier alpha value is -0.120. The lowest BCUT2D eigenvalue weighted by Crippen LogP contribution is -2.46. The number of nitrogens with zero attached hydrogens (tertiary/aromatic N) is 1. The first-order valence-corrected chi connectivity index (χ1v) is 7.15. The van der Waals surface area contributed by atoms with Gasteiger partial charge in [0.2, 0.25) is 0 Å². The summed E-state index contributed by atoms with van der Waals surface area (Å²) in [6.07, 6.45) is 3.75. The number of methoxy groups -OCH3 is 1. The van der Waals surface area contributed by atoms with Gasteiger partial charge in [-0.3, -0.25) is 4.90 Å². The van der Waals surface area contributed by atoms with Crippen LogP contribution < -0.4 is 5.32 Å². The molecule has 0 saturated carbocycles. The fourth-order valence-electron chi connectivity index (χ4n) is 2.65. The van der Waals surface area contributed by atoms with Crippen molar-refractivity contribution in [2.75, 3.05) is 33.4 Å². The highest BCUT2D eigenvalue weighted by molar-refractivity contribution is 4.82. The van der Waals surface area contributed by atoms with Crippen molar-refractivity contribution < 1.29 is 4.74 Å². The maximum Gasteiger partial charge on any atom is 0.0618 e. The topological polar surface area (TPSA) is 24.5 Å². The Kier molecular flexibility index (Phi) is 7.09. The number of nitrogens with one attached hydrogen (secondary N) is 1. The van der Waals surface area contributed by atoms with E-state index in [0.29, 0.717) is 18.0 Å². The van der Waals surface area contributed by atoms with E-state index < -0.39 is 0 Å². The quantitative estimate of drug-likeness (QED) is 0.772. The van der Waals surface area contributed by atoms with Crippen LogP contribution in [0.5, 0.6) is 0 Å². The van der Waals surface area contributed by atoms with Crippen molar-refractivity contribution >= 4 is 0 Å². The molecular formula is C14H30N2O. The van der Waals surface area contributed by atoms with E-state index in [2.05, 4.69) is 31.0 Å². The summed E-state index contributed by atoms with van der Waals surface area (Å²) in [5, 5.41) is 3.67. The van der Waals surface area contributed by atoms with Crippen molar-refractivity contribution in [3.8, 4) is 0 Å². The van der Waals surface area contributed by atoms with Gasteiger partial charge in [-0.1, -0.05) is 27.2 Å². The summed E-state index contributed by atoms with van der Waals surface area (Å²) in [6, 6.07) is 1.24. The maximum atomic E-state index is 5.38. The van der Waals surface area contributed by atoms with Crippen molar-refractivity contribution in [1.82, 2.24) is 10.2 Å². The maximum absolute atomic E-state index is 5.38. The van der Waals surface area contributed by atoms with Gasteiger partial charge in [-0.05, 0) is 31.8 Å². The third kappa shape index (κ3) is 4.94. The molecule has 0 aliphatic carbocycles. The van der Waals surface area contributed by atoms with Crippen molar-refractivity contribution in [2.45, 2.75) is 52.1 Å². The van der Waals surface area contributed by atoms with E-state index in [0.717, 1.165) is 13.2 Å². The third-order valence-electron chi connectivity index (χ3n) is 3.76. The molecule has 3 heteroatoms. The number of rotatable bonds is 6. The van der Waals surface area contributed by atoms with Crippen LogP contribution in [0.4, 0.5) is 0 Å². The average molecular weight is 242 g/mol. The molecule has 0 amide bonds. The van der Waals surface area contributed by atoms with Gasteiger partial charge in [0.25, 0.3) is 0 Å². The van der Waals surface area contributed by atoms with Gasteiger partial charge in [-0.25, -0.2) is 0 Å². The molecule has 1 saturated heterocycles. The summed E-state index contributed by atoms with van der Waals surface area (Å²) < 4.78 is 5.38. The van der Waals surface area contributed by atoms with Gasteiger partial charge >= 0.3 is 0 Å². The fraction of sp³-hybridized carbons (Fsp3) is 1.00. The smallest absolute Gasteiger partial charge is 0.0618 e. The summed E-state index contributed by atoms with van der Waals surface area (Å²) in [5.41, 5.74) is 0. The summed E-state index contributed by atoms with van der Waals surface area (Å²) in [6.45, 7) is 11.3. The Morgan fingerprint density at radius 2 is 2.18 bits per heavy atom. The van der Waals surface area contributed by atoms with Gasteiger partial charge in [-0.15, -0.1) is 0 Å². The molecule has 102 valence electrons. The first-order valence-electron chi connectivity index (χ1n) is 7.15. The van der Waals surface area contributed by atoms with Crippen LogP contribution in [0.25, 0.3) is 0 Å². The van der Waals surface area contributed by atoms with Crippen molar-refractivity contribution in [2.24, 2.45) is 5.92 Å². The zero-order valence-electron chi connectivity index (χ0n) is 12.0. The number of hydrogen-bond acceptors (Lipinski definition) is 3. The lowest BCUT2D eigenvalue weighted by atomic mass is 10.0. The van der Waals surface area contributed by atoms with Crippen LogP contribution in [-0.2, 0) is 4.74 Å². The minimum absolute atomic E-state index is 0.603. The molecule has 1 rings (SSSR count). The molecule has 1 N–H and O–H groups in total. The SMILES string of the molecule is CCCC(COC)N1CCCNC(C(C)C)C1. The van der Waals surface area contributed by atoms with Gasteiger partial charge in [0.1, 0.15) is 0 Å². The van der Waals surface area contributed by atoms with Gasteiger partial charge in [-0.2, -0.15) is 0 Å². The van der Waals surface area contributed by atoms with E-state index in [-0.39, 0.29) is 0 Å². The lowest BCUT2D eigenvalue weighted by Gasteiger charge is -2.33. The third-order valence-corrected chi connectivity index (χ3v) is 3.76. The van der Waals surface area contributed by atoms with Gasteiger partial charge in [0.15, 0.2) is 0 Å².